The lowest BCUT2D eigenvalue weighted by Crippen LogP contribution is -2.43. The van der Waals surface area contributed by atoms with Gasteiger partial charge in [-0.25, -0.2) is 0 Å². The van der Waals surface area contributed by atoms with Crippen LogP contribution in [0.25, 0.3) is 0 Å². The fourth-order valence-corrected chi connectivity index (χ4v) is 1.87. The quantitative estimate of drug-likeness (QED) is 0.736. The molecule has 2 N–H and O–H groups in total. The number of hydrogen-bond donors (Lipinski definition) is 1. The van der Waals surface area contributed by atoms with Gasteiger partial charge in [-0.1, -0.05) is 20.8 Å². The SMILES string of the molecule is CC(C)(C)C[C@H](N)B1OC(C)(C)C(C)(C)O1. The Labute approximate surface area is 100 Å². The van der Waals surface area contributed by atoms with Crippen LogP contribution >= 0.6 is 0 Å². The molecule has 1 fully saturated rings. The summed E-state index contributed by atoms with van der Waals surface area (Å²) < 4.78 is 11.8. The Bertz CT molecular complexity index is 242. The minimum atomic E-state index is -0.288. The predicted molar refractivity (Wildman–Crippen MR) is 68.1 cm³/mol. The van der Waals surface area contributed by atoms with Crippen molar-refractivity contribution in [1.29, 1.82) is 0 Å². The molecule has 0 amide bonds. The van der Waals surface area contributed by atoms with Crippen molar-refractivity contribution in [2.24, 2.45) is 11.1 Å². The van der Waals surface area contributed by atoms with E-state index in [0.29, 0.717) is 0 Å². The smallest absolute Gasteiger partial charge is 0.402 e. The zero-order valence-electron chi connectivity index (χ0n) is 11.8. The van der Waals surface area contributed by atoms with Crippen molar-refractivity contribution in [3.05, 3.63) is 0 Å². The van der Waals surface area contributed by atoms with E-state index in [4.69, 9.17) is 15.0 Å². The summed E-state index contributed by atoms with van der Waals surface area (Å²) in [5.74, 6) is -0.0685. The highest BCUT2D eigenvalue weighted by Gasteiger charge is 2.53. The van der Waals surface area contributed by atoms with Crippen LogP contribution in [0.1, 0.15) is 54.9 Å². The molecule has 16 heavy (non-hydrogen) atoms. The molecule has 0 bridgehead atoms. The first-order chi connectivity index (χ1) is 6.95. The van der Waals surface area contributed by atoms with Gasteiger partial charge in [-0.2, -0.15) is 0 Å². The molecule has 0 aromatic rings. The van der Waals surface area contributed by atoms with Crippen LogP contribution in [-0.4, -0.2) is 24.3 Å². The van der Waals surface area contributed by atoms with Crippen molar-refractivity contribution in [2.75, 3.05) is 0 Å². The van der Waals surface area contributed by atoms with Gasteiger partial charge in [0.05, 0.1) is 11.2 Å². The van der Waals surface area contributed by atoms with Gasteiger partial charge in [0.1, 0.15) is 0 Å². The van der Waals surface area contributed by atoms with E-state index in [2.05, 4.69) is 48.5 Å². The lowest BCUT2D eigenvalue weighted by Gasteiger charge is -2.32. The molecule has 0 aromatic carbocycles. The van der Waals surface area contributed by atoms with E-state index in [-0.39, 0.29) is 29.7 Å². The second-order valence-corrected chi connectivity index (χ2v) is 7.05. The molecule has 3 nitrogen and oxygen atoms in total. The molecular formula is C12H26BNO2. The molecule has 1 aliphatic heterocycles. The minimum Gasteiger partial charge on any atom is -0.402 e. The molecule has 1 rings (SSSR count). The zero-order valence-corrected chi connectivity index (χ0v) is 11.8. The lowest BCUT2D eigenvalue weighted by molar-refractivity contribution is 0.00578. The van der Waals surface area contributed by atoms with Crippen molar-refractivity contribution in [3.63, 3.8) is 0 Å². The maximum atomic E-state index is 6.16. The van der Waals surface area contributed by atoms with E-state index >= 15 is 0 Å². The summed E-state index contributed by atoms with van der Waals surface area (Å²) in [6.07, 6.45) is 0.893. The standard InChI is InChI=1S/C12H26BNO2/c1-10(2,3)8-9(14)13-15-11(4,5)12(6,7)16-13/h9H,8,14H2,1-7H3/t9-/m0/s1. The number of nitrogens with two attached hydrogens (primary N) is 1. The normalized spacial score (nSPS) is 25.9. The first-order valence-corrected chi connectivity index (χ1v) is 6.06. The molecule has 0 unspecified atom stereocenters. The van der Waals surface area contributed by atoms with Gasteiger partial charge in [0.2, 0.25) is 0 Å². The maximum Gasteiger partial charge on any atom is 0.475 e. The molecule has 0 saturated carbocycles. The van der Waals surface area contributed by atoms with E-state index in [0.717, 1.165) is 6.42 Å². The van der Waals surface area contributed by atoms with Gasteiger partial charge in [0.25, 0.3) is 0 Å². The highest BCUT2D eigenvalue weighted by Crippen LogP contribution is 2.38. The summed E-state index contributed by atoms with van der Waals surface area (Å²) in [5.41, 5.74) is 5.79. The largest absolute Gasteiger partial charge is 0.475 e. The molecule has 0 aliphatic carbocycles. The Kier molecular flexibility index (Phi) is 3.50. The first-order valence-electron chi connectivity index (χ1n) is 6.06. The van der Waals surface area contributed by atoms with Crippen LogP contribution in [0.4, 0.5) is 0 Å². The highest BCUT2D eigenvalue weighted by molar-refractivity contribution is 6.47. The van der Waals surface area contributed by atoms with Crippen molar-refractivity contribution < 1.29 is 9.31 Å². The molecule has 0 spiro atoms. The van der Waals surface area contributed by atoms with Crippen LogP contribution in [0.15, 0.2) is 0 Å². The van der Waals surface area contributed by atoms with E-state index in [1.807, 2.05) is 0 Å². The Balaban J connectivity index is 2.66. The second-order valence-electron chi connectivity index (χ2n) is 7.05. The van der Waals surface area contributed by atoms with Crippen LogP contribution < -0.4 is 5.73 Å². The van der Waals surface area contributed by atoms with Crippen molar-refractivity contribution in [3.8, 4) is 0 Å². The van der Waals surface area contributed by atoms with Gasteiger partial charge in [-0.05, 0) is 39.5 Å². The summed E-state index contributed by atoms with van der Waals surface area (Å²) in [6, 6.07) is 0. The second kappa shape index (κ2) is 4.00. The molecule has 1 atom stereocenters. The van der Waals surface area contributed by atoms with E-state index in [9.17, 15) is 0 Å². The molecule has 0 radical (unpaired) electrons. The van der Waals surface area contributed by atoms with Crippen molar-refractivity contribution in [1.82, 2.24) is 0 Å². The Morgan fingerprint density at radius 2 is 1.44 bits per heavy atom. The first kappa shape index (κ1) is 14.0. The molecule has 94 valence electrons. The number of rotatable bonds is 2. The Morgan fingerprint density at radius 1 is 1.06 bits per heavy atom. The molecule has 4 heteroatoms. The molecule has 1 aliphatic rings. The van der Waals surface area contributed by atoms with Gasteiger partial charge < -0.3 is 15.0 Å². The number of hydrogen-bond acceptors (Lipinski definition) is 3. The Hall–Kier alpha value is -0.0551. The van der Waals surface area contributed by atoms with E-state index in [1.165, 1.54) is 0 Å². The Morgan fingerprint density at radius 3 is 1.75 bits per heavy atom. The van der Waals surface area contributed by atoms with Crippen LogP contribution in [0, 0.1) is 5.41 Å². The summed E-state index contributed by atoms with van der Waals surface area (Å²) in [7, 11) is -0.288. The van der Waals surface area contributed by atoms with E-state index in [1.54, 1.807) is 0 Å². The van der Waals surface area contributed by atoms with Gasteiger partial charge in [-0.15, -0.1) is 0 Å². The van der Waals surface area contributed by atoms with Crippen LogP contribution in [-0.2, 0) is 9.31 Å². The predicted octanol–water partition coefficient (Wildman–Crippen LogP) is 2.38. The van der Waals surface area contributed by atoms with Gasteiger partial charge in [0.15, 0.2) is 0 Å². The minimum absolute atomic E-state index is 0.0685. The van der Waals surface area contributed by atoms with E-state index < -0.39 is 0 Å². The van der Waals surface area contributed by atoms with Gasteiger partial charge >= 0.3 is 7.12 Å². The van der Waals surface area contributed by atoms with Gasteiger partial charge in [-0.3, -0.25) is 0 Å². The molecule has 1 heterocycles. The third-order valence-corrected chi connectivity index (χ3v) is 3.47. The third kappa shape index (κ3) is 2.99. The van der Waals surface area contributed by atoms with Crippen molar-refractivity contribution >= 4 is 7.12 Å². The van der Waals surface area contributed by atoms with Gasteiger partial charge in [0, 0.05) is 5.94 Å². The summed E-state index contributed by atoms with van der Waals surface area (Å²) in [6.45, 7) is 14.7. The maximum absolute atomic E-state index is 6.16. The average molecular weight is 227 g/mol. The third-order valence-electron chi connectivity index (χ3n) is 3.47. The van der Waals surface area contributed by atoms with Crippen LogP contribution in [0.5, 0.6) is 0 Å². The van der Waals surface area contributed by atoms with Crippen molar-refractivity contribution in [2.45, 2.75) is 72.0 Å². The highest BCUT2D eigenvalue weighted by atomic mass is 16.7. The summed E-state index contributed by atoms with van der Waals surface area (Å²) in [5, 5.41) is 0. The van der Waals surface area contributed by atoms with Crippen LogP contribution in [0.3, 0.4) is 0 Å². The fraction of sp³-hybridized carbons (Fsp3) is 1.00. The molecule has 1 saturated heterocycles. The average Bonchev–Trinajstić information content (AvgIpc) is 2.17. The lowest BCUT2D eigenvalue weighted by atomic mass is 9.71. The topological polar surface area (TPSA) is 44.5 Å². The summed E-state index contributed by atoms with van der Waals surface area (Å²) >= 11 is 0. The molecular weight excluding hydrogens is 201 g/mol. The fourth-order valence-electron chi connectivity index (χ4n) is 1.87. The molecule has 0 aromatic heterocycles. The van der Waals surface area contributed by atoms with Crippen LogP contribution in [0.2, 0.25) is 0 Å². The summed E-state index contributed by atoms with van der Waals surface area (Å²) in [4.78, 5) is 0. The zero-order chi connectivity index (χ0) is 12.8. The monoisotopic (exact) mass is 227 g/mol.